The van der Waals surface area contributed by atoms with Gasteiger partial charge < -0.3 is 15.6 Å². The largest absolute Gasteiger partial charge is 0.361 e. The maximum atomic E-state index is 13.3. The molecule has 0 unspecified atom stereocenters. The normalized spacial score (nSPS) is 14.9. The molecule has 8 nitrogen and oxygen atoms in total. The lowest BCUT2D eigenvalue weighted by Gasteiger charge is -2.17. The number of pyridine rings is 1. The lowest BCUT2D eigenvalue weighted by molar-refractivity contribution is -0.124. The summed E-state index contributed by atoms with van der Waals surface area (Å²) in [5, 5.41) is 7.30. The van der Waals surface area contributed by atoms with Gasteiger partial charge in [0.05, 0.1) is 12.2 Å². The molecule has 0 bridgehead atoms. The summed E-state index contributed by atoms with van der Waals surface area (Å²) in [5.74, 6) is -0.0714. The molecule has 1 atom stereocenters. The molecule has 174 valence electrons. The third-order valence-electron chi connectivity index (χ3n) is 6.31. The van der Waals surface area contributed by atoms with Gasteiger partial charge in [0, 0.05) is 35.5 Å². The minimum Gasteiger partial charge on any atom is -0.361 e. The fourth-order valence-corrected chi connectivity index (χ4v) is 4.73. The summed E-state index contributed by atoms with van der Waals surface area (Å²) in [6.07, 6.45) is 4.51. The zero-order valence-electron chi connectivity index (χ0n) is 19.0. The maximum absolute atomic E-state index is 13.3. The van der Waals surface area contributed by atoms with Gasteiger partial charge in [0.1, 0.15) is 6.04 Å². The number of aryl methyl sites for hydroxylation is 2. The van der Waals surface area contributed by atoms with E-state index in [4.69, 9.17) is 11.6 Å². The van der Waals surface area contributed by atoms with Crippen molar-refractivity contribution in [3.8, 4) is 0 Å². The van der Waals surface area contributed by atoms with Crippen molar-refractivity contribution in [2.24, 2.45) is 0 Å². The maximum Gasteiger partial charge on any atom is 0.294 e. The molecule has 5 rings (SSSR count). The van der Waals surface area contributed by atoms with E-state index in [-0.39, 0.29) is 22.4 Å². The van der Waals surface area contributed by atoms with E-state index in [2.05, 4.69) is 31.7 Å². The Labute approximate surface area is 201 Å². The molecule has 4 aromatic rings. The zero-order valence-corrected chi connectivity index (χ0v) is 19.7. The minimum atomic E-state index is -0.629. The quantitative estimate of drug-likeness (QED) is 0.392. The first-order valence-electron chi connectivity index (χ1n) is 11.2. The van der Waals surface area contributed by atoms with Gasteiger partial charge in [0.25, 0.3) is 5.56 Å². The van der Waals surface area contributed by atoms with E-state index in [0.29, 0.717) is 31.6 Å². The number of fused-ring (bicyclic) bond motifs is 2. The third-order valence-corrected chi connectivity index (χ3v) is 6.61. The van der Waals surface area contributed by atoms with E-state index in [0.717, 1.165) is 33.3 Å². The summed E-state index contributed by atoms with van der Waals surface area (Å²) >= 11 is 6.42. The summed E-state index contributed by atoms with van der Waals surface area (Å²) in [5.41, 5.74) is 5.42. The van der Waals surface area contributed by atoms with Crippen molar-refractivity contribution >= 4 is 34.2 Å². The Morgan fingerprint density at radius 2 is 2.09 bits per heavy atom. The molecule has 4 heterocycles. The Balaban J connectivity index is 1.34. The van der Waals surface area contributed by atoms with Gasteiger partial charge in [-0.1, -0.05) is 35.4 Å². The molecule has 0 radical (unpaired) electrons. The molecular weight excluding hydrogens is 452 g/mol. The molecule has 9 heteroatoms. The summed E-state index contributed by atoms with van der Waals surface area (Å²) in [7, 11) is 0. The number of halogens is 1. The highest BCUT2D eigenvalue weighted by molar-refractivity contribution is 6.30. The van der Waals surface area contributed by atoms with Crippen molar-refractivity contribution in [2.45, 2.75) is 45.8 Å². The number of aromatic nitrogens is 4. The molecule has 34 heavy (non-hydrogen) atoms. The number of hydrogen-bond acceptors (Lipinski definition) is 5. The van der Waals surface area contributed by atoms with E-state index in [9.17, 15) is 9.59 Å². The van der Waals surface area contributed by atoms with Crippen LogP contribution >= 0.6 is 11.6 Å². The number of anilines is 1. The lowest BCUT2D eigenvalue weighted by atomic mass is 10.1. The lowest BCUT2D eigenvalue weighted by Crippen LogP contribution is -2.36. The van der Waals surface area contributed by atoms with Crippen LogP contribution in [0.15, 0.2) is 47.5 Å². The van der Waals surface area contributed by atoms with Crippen molar-refractivity contribution in [3.63, 3.8) is 0 Å². The van der Waals surface area contributed by atoms with Crippen molar-refractivity contribution in [2.75, 3.05) is 5.32 Å². The molecule has 0 fully saturated rings. The number of nitrogens with one attached hydrogen (secondary N) is 3. The van der Waals surface area contributed by atoms with Crippen LogP contribution in [0.25, 0.3) is 10.9 Å². The summed E-state index contributed by atoms with van der Waals surface area (Å²) in [6, 6.07) is 9.38. The predicted molar refractivity (Wildman–Crippen MR) is 132 cm³/mol. The molecule has 1 aliphatic rings. The highest BCUT2D eigenvalue weighted by atomic mass is 35.5. The monoisotopic (exact) mass is 476 g/mol. The number of nitrogens with zero attached hydrogens (tertiary/aromatic N) is 3. The van der Waals surface area contributed by atoms with Gasteiger partial charge in [-0.25, -0.2) is 4.98 Å². The van der Waals surface area contributed by atoms with Crippen molar-refractivity contribution in [1.82, 2.24) is 24.8 Å². The average molecular weight is 477 g/mol. The molecule has 1 amide bonds. The number of carbonyl (C=O) groups is 1. The van der Waals surface area contributed by atoms with Gasteiger partial charge in [-0.05, 0) is 49.9 Å². The van der Waals surface area contributed by atoms with Crippen molar-refractivity contribution in [3.05, 3.63) is 86.3 Å². The van der Waals surface area contributed by atoms with E-state index in [1.54, 1.807) is 12.4 Å². The van der Waals surface area contributed by atoms with Gasteiger partial charge in [-0.15, -0.1) is 0 Å². The van der Waals surface area contributed by atoms with Gasteiger partial charge >= 0.3 is 0 Å². The topological polar surface area (TPSA) is 105 Å². The van der Waals surface area contributed by atoms with Gasteiger partial charge in [-0.2, -0.15) is 0 Å². The second kappa shape index (κ2) is 8.95. The molecule has 0 saturated heterocycles. The van der Waals surface area contributed by atoms with Gasteiger partial charge in [0.2, 0.25) is 5.91 Å². The fraction of sp³-hybridized carbons (Fsp3) is 0.280. The molecule has 0 spiro atoms. The standard InChI is InChI=1S/C25H25ClN6O2/c1-14-3-4-15(2)16(9-14)12-28-23-25(34)32-20(22(26)31-23)5-6-21(32)24(33)29-13-18-10-17-11-27-8-7-19(17)30-18/h3-4,7-11,21,30H,5-6,12-13H2,1-2H3,(H,28,31)(H,29,33)/t21-/m0/s1. The highest BCUT2D eigenvalue weighted by Gasteiger charge is 2.32. The molecule has 1 aromatic carbocycles. The Morgan fingerprint density at radius 3 is 2.91 bits per heavy atom. The minimum absolute atomic E-state index is 0.150. The van der Waals surface area contributed by atoms with Gasteiger partial charge in [-0.3, -0.25) is 19.1 Å². The third kappa shape index (κ3) is 4.17. The number of carbonyl (C=O) groups excluding carboxylic acids is 1. The second-order valence-corrected chi connectivity index (χ2v) is 9.04. The van der Waals surface area contributed by atoms with E-state index >= 15 is 0 Å². The van der Waals surface area contributed by atoms with Crippen LogP contribution in [0.4, 0.5) is 5.82 Å². The number of H-pyrrole nitrogens is 1. The Hall–Kier alpha value is -3.65. The number of benzene rings is 1. The molecule has 3 aromatic heterocycles. The summed E-state index contributed by atoms with van der Waals surface area (Å²) in [6.45, 7) is 4.82. The zero-order chi connectivity index (χ0) is 23.8. The number of rotatable bonds is 6. The number of hydrogen-bond donors (Lipinski definition) is 3. The first-order valence-corrected chi connectivity index (χ1v) is 11.6. The number of aromatic amines is 1. The smallest absolute Gasteiger partial charge is 0.294 e. The summed E-state index contributed by atoms with van der Waals surface area (Å²) < 4.78 is 1.49. The Bertz CT molecular complexity index is 1420. The van der Waals surface area contributed by atoms with Crippen molar-refractivity contribution in [1.29, 1.82) is 0 Å². The summed E-state index contributed by atoms with van der Waals surface area (Å²) in [4.78, 5) is 38.0. The number of amides is 1. The predicted octanol–water partition coefficient (Wildman–Crippen LogP) is 3.81. The first-order chi connectivity index (χ1) is 16.4. The van der Waals surface area contributed by atoms with Gasteiger partial charge in [0.15, 0.2) is 11.0 Å². The van der Waals surface area contributed by atoms with Crippen LogP contribution in [-0.4, -0.2) is 25.4 Å². The van der Waals surface area contributed by atoms with E-state index in [1.807, 2.05) is 38.1 Å². The second-order valence-electron chi connectivity index (χ2n) is 8.69. The van der Waals surface area contributed by atoms with Crippen LogP contribution in [0.2, 0.25) is 5.15 Å². The molecular formula is C25H25ClN6O2. The average Bonchev–Trinajstić information content (AvgIpc) is 3.45. The van der Waals surface area contributed by atoms with Crippen LogP contribution in [0.1, 0.15) is 40.5 Å². The van der Waals surface area contributed by atoms with Crippen LogP contribution in [0, 0.1) is 13.8 Å². The molecule has 3 N–H and O–H groups in total. The Morgan fingerprint density at radius 1 is 1.24 bits per heavy atom. The van der Waals surface area contributed by atoms with Crippen LogP contribution < -0.4 is 16.2 Å². The van der Waals surface area contributed by atoms with Crippen LogP contribution in [0.3, 0.4) is 0 Å². The first kappa shape index (κ1) is 22.2. The van der Waals surface area contributed by atoms with E-state index in [1.165, 1.54) is 4.57 Å². The molecule has 0 saturated carbocycles. The molecule has 0 aliphatic carbocycles. The van der Waals surface area contributed by atoms with Crippen molar-refractivity contribution < 1.29 is 4.79 Å². The fourth-order valence-electron chi connectivity index (χ4n) is 4.46. The van der Waals surface area contributed by atoms with Crippen LogP contribution in [0.5, 0.6) is 0 Å². The Kier molecular flexibility index (Phi) is 5.83. The SMILES string of the molecule is Cc1ccc(C)c(CNc2nc(Cl)c3n(c2=O)[C@H](C(=O)NCc2cc4cnccc4[nH]2)CC3)c1. The highest BCUT2D eigenvalue weighted by Crippen LogP contribution is 2.29. The molecule has 1 aliphatic heterocycles. The van der Waals surface area contributed by atoms with E-state index < -0.39 is 6.04 Å². The van der Waals surface area contributed by atoms with Crippen LogP contribution in [-0.2, 0) is 24.3 Å².